The quantitative estimate of drug-likeness (QED) is 0.158. The van der Waals surface area contributed by atoms with Gasteiger partial charge in [-0.25, -0.2) is 4.98 Å². The molecule has 2 heterocycles. The maximum atomic E-state index is 12.4. The summed E-state index contributed by atoms with van der Waals surface area (Å²) >= 11 is 0. The third-order valence-corrected chi connectivity index (χ3v) is 12.4. The Morgan fingerprint density at radius 1 is 0.574 bits per heavy atom. The highest BCUT2D eigenvalue weighted by Crippen LogP contribution is 2.45. The van der Waals surface area contributed by atoms with Crippen LogP contribution in [0.4, 0.5) is 0 Å². The number of imidazole rings is 1. The zero-order valence-electron chi connectivity index (χ0n) is 37.5. The molecule has 308 valence electrons. The molecule has 2 aromatic heterocycles. The second-order valence-corrected chi connectivity index (χ2v) is 19.1. The summed E-state index contributed by atoms with van der Waals surface area (Å²) in [5.41, 5.74) is 16.5. The van der Waals surface area contributed by atoms with Gasteiger partial charge in [-0.15, -0.1) is 0 Å². The van der Waals surface area contributed by atoms with Gasteiger partial charge in [0.1, 0.15) is 11.6 Å². The van der Waals surface area contributed by atoms with E-state index in [2.05, 4.69) is 207 Å². The van der Waals surface area contributed by atoms with Crippen LogP contribution in [0.25, 0.3) is 72.7 Å². The second-order valence-electron chi connectivity index (χ2n) is 19.1. The molecule has 0 bridgehead atoms. The predicted octanol–water partition coefficient (Wildman–Crippen LogP) is 15.7. The Morgan fingerprint density at radius 3 is 1.89 bits per heavy atom. The maximum Gasteiger partial charge on any atom is 0.149 e. The molecule has 0 saturated heterocycles. The van der Waals surface area contributed by atoms with E-state index < -0.39 is 0 Å². The Bertz CT molecular complexity index is 2850. The predicted molar refractivity (Wildman–Crippen MR) is 258 cm³/mol. The molecule has 8 rings (SSSR count). The molecular formula is C57H59N3O. The molecule has 0 saturated carbocycles. The van der Waals surface area contributed by atoms with Crippen LogP contribution in [0.15, 0.2) is 146 Å². The Kier molecular flexibility index (Phi) is 11.1. The molecule has 0 aliphatic heterocycles. The molecule has 1 atom stereocenters. The molecule has 0 fully saturated rings. The van der Waals surface area contributed by atoms with Crippen LogP contribution in [0.1, 0.15) is 110 Å². The maximum absolute atomic E-state index is 12.4. The zero-order chi connectivity index (χ0) is 43.2. The van der Waals surface area contributed by atoms with Crippen molar-refractivity contribution >= 4 is 11.0 Å². The number of rotatable bonds is 9. The van der Waals surface area contributed by atoms with Crippen molar-refractivity contribution in [3.8, 4) is 67.5 Å². The van der Waals surface area contributed by atoms with Crippen molar-refractivity contribution < 1.29 is 5.11 Å². The van der Waals surface area contributed by atoms with E-state index in [-0.39, 0.29) is 22.5 Å². The standard InChI is InChI=1S/C57H59N3O/c1-11-37(4)40-25-26-51(48(32-40)39-21-16-13-17-22-39)60-52-24-18-23-46(53(52)59-55(60)49-35-45(57(8,9)10)34-47(36(2)3)54(49)61)42-29-43(31-44(30-42)56(5,6)7)50-33-41(27-28-58-50)38-19-14-12-15-20-38/h12-37,61H,11H2,1-10H3. The Hall–Kier alpha value is -6.26. The van der Waals surface area contributed by atoms with Crippen molar-refractivity contribution in [2.45, 2.75) is 98.3 Å². The van der Waals surface area contributed by atoms with E-state index in [0.717, 1.165) is 84.5 Å². The van der Waals surface area contributed by atoms with Crippen molar-refractivity contribution in [3.05, 3.63) is 168 Å². The molecule has 1 N–H and O–H groups in total. The average Bonchev–Trinajstić information content (AvgIpc) is 3.65. The Balaban J connectivity index is 1.45. The number of para-hydroxylation sites is 1. The molecule has 0 aliphatic rings. The van der Waals surface area contributed by atoms with Gasteiger partial charge in [0.25, 0.3) is 0 Å². The van der Waals surface area contributed by atoms with E-state index in [9.17, 15) is 5.11 Å². The lowest BCUT2D eigenvalue weighted by Crippen LogP contribution is -2.13. The van der Waals surface area contributed by atoms with E-state index in [4.69, 9.17) is 9.97 Å². The normalized spacial score (nSPS) is 12.6. The van der Waals surface area contributed by atoms with E-state index in [1.54, 1.807) is 0 Å². The van der Waals surface area contributed by atoms with Gasteiger partial charge in [0.2, 0.25) is 0 Å². The highest BCUT2D eigenvalue weighted by atomic mass is 16.3. The van der Waals surface area contributed by atoms with Gasteiger partial charge < -0.3 is 5.11 Å². The fraction of sp³-hybridized carbons (Fsp3) is 0.263. The second kappa shape index (κ2) is 16.3. The zero-order valence-corrected chi connectivity index (χ0v) is 37.5. The van der Waals surface area contributed by atoms with Gasteiger partial charge in [0.05, 0.1) is 28.0 Å². The molecule has 0 spiro atoms. The monoisotopic (exact) mass is 801 g/mol. The topological polar surface area (TPSA) is 50.9 Å². The van der Waals surface area contributed by atoms with E-state index in [1.807, 2.05) is 12.3 Å². The van der Waals surface area contributed by atoms with Gasteiger partial charge in [-0.3, -0.25) is 9.55 Å². The number of fused-ring (bicyclic) bond motifs is 1. The molecule has 8 aromatic rings. The molecule has 0 radical (unpaired) electrons. The number of phenolic OH excluding ortho intramolecular Hbond substituents is 1. The summed E-state index contributed by atoms with van der Waals surface area (Å²) in [6.07, 6.45) is 2.96. The highest BCUT2D eigenvalue weighted by molar-refractivity contribution is 5.98. The molecule has 0 amide bonds. The first-order valence-electron chi connectivity index (χ1n) is 21.9. The first kappa shape index (κ1) is 41.5. The number of benzene rings is 6. The van der Waals surface area contributed by atoms with Crippen LogP contribution in [0.2, 0.25) is 0 Å². The minimum absolute atomic E-state index is 0.108. The average molecular weight is 802 g/mol. The molecule has 4 heteroatoms. The van der Waals surface area contributed by atoms with Gasteiger partial charge in [0, 0.05) is 22.9 Å². The Labute approximate surface area is 363 Å². The first-order chi connectivity index (χ1) is 29.1. The van der Waals surface area contributed by atoms with E-state index >= 15 is 0 Å². The summed E-state index contributed by atoms with van der Waals surface area (Å²) < 4.78 is 2.30. The van der Waals surface area contributed by atoms with E-state index in [0.29, 0.717) is 11.7 Å². The van der Waals surface area contributed by atoms with Crippen LogP contribution >= 0.6 is 0 Å². The van der Waals surface area contributed by atoms with Gasteiger partial charge >= 0.3 is 0 Å². The van der Waals surface area contributed by atoms with Crippen LogP contribution in [0, 0.1) is 0 Å². The van der Waals surface area contributed by atoms with Crippen LogP contribution in [0.3, 0.4) is 0 Å². The van der Waals surface area contributed by atoms with Crippen molar-refractivity contribution in [1.82, 2.24) is 14.5 Å². The number of nitrogens with zero attached hydrogens (tertiary/aromatic N) is 3. The number of hydrogen-bond acceptors (Lipinski definition) is 3. The molecule has 4 nitrogen and oxygen atoms in total. The Morgan fingerprint density at radius 2 is 1.23 bits per heavy atom. The van der Waals surface area contributed by atoms with Gasteiger partial charge in [-0.1, -0.05) is 160 Å². The molecule has 0 aliphatic carbocycles. The lowest BCUT2D eigenvalue weighted by atomic mass is 9.83. The lowest BCUT2D eigenvalue weighted by Gasteiger charge is -2.24. The number of aromatic nitrogens is 3. The summed E-state index contributed by atoms with van der Waals surface area (Å²) in [4.78, 5) is 10.6. The molecular weight excluding hydrogens is 743 g/mol. The van der Waals surface area contributed by atoms with Crippen LogP contribution in [0.5, 0.6) is 5.75 Å². The first-order valence-corrected chi connectivity index (χ1v) is 21.9. The van der Waals surface area contributed by atoms with Crippen LogP contribution < -0.4 is 0 Å². The summed E-state index contributed by atoms with van der Waals surface area (Å²) in [6.45, 7) is 22.4. The largest absolute Gasteiger partial charge is 0.507 e. The summed E-state index contributed by atoms with van der Waals surface area (Å²) in [5.74, 6) is 1.50. The van der Waals surface area contributed by atoms with Gasteiger partial charge in [0.15, 0.2) is 0 Å². The smallest absolute Gasteiger partial charge is 0.149 e. The third-order valence-electron chi connectivity index (χ3n) is 12.4. The van der Waals surface area contributed by atoms with Crippen molar-refractivity contribution in [2.75, 3.05) is 0 Å². The minimum Gasteiger partial charge on any atom is -0.507 e. The molecule has 1 unspecified atom stereocenters. The summed E-state index contributed by atoms with van der Waals surface area (Å²) in [6, 6.07) is 50.1. The van der Waals surface area contributed by atoms with Crippen molar-refractivity contribution in [2.24, 2.45) is 0 Å². The van der Waals surface area contributed by atoms with Crippen LogP contribution in [-0.2, 0) is 10.8 Å². The molecule has 61 heavy (non-hydrogen) atoms. The highest BCUT2D eigenvalue weighted by Gasteiger charge is 2.27. The van der Waals surface area contributed by atoms with E-state index in [1.165, 1.54) is 11.1 Å². The number of hydrogen-bond donors (Lipinski definition) is 1. The fourth-order valence-electron chi connectivity index (χ4n) is 8.36. The number of pyridine rings is 1. The van der Waals surface area contributed by atoms with Gasteiger partial charge in [-0.05, 0) is 122 Å². The molecule has 6 aromatic carbocycles. The van der Waals surface area contributed by atoms with Gasteiger partial charge in [-0.2, -0.15) is 0 Å². The SMILES string of the molecule is CCC(C)c1ccc(-n2c(-c3cc(C(C)(C)C)cc(C(C)C)c3O)nc3c(-c4cc(-c5cc(-c6ccccc6)ccn5)cc(C(C)(C)C)c4)cccc32)c(-c2ccccc2)c1. The lowest BCUT2D eigenvalue weighted by molar-refractivity contribution is 0.465. The summed E-state index contributed by atoms with van der Waals surface area (Å²) in [7, 11) is 0. The fourth-order valence-corrected chi connectivity index (χ4v) is 8.36. The minimum atomic E-state index is -0.156. The number of aromatic hydroxyl groups is 1. The third kappa shape index (κ3) is 8.16. The van der Waals surface area contributed by atoms with Crippen molar-refractivity contribution in [3.63, 3.8) is 0 Å². The summed E-state index contributed by atoms with van der Waals surface area (Å²) in [5, 5.41) is 12.4. The van der Waals surface area contributed by atoms with Crippen LogP contribution in [-0.4, -0.2) is 19.6 Å². The van der Waals surface area contributed by atoms with Crippen molar-refractivity contribution in [1.29, 1.82) is 0 Å². The number of phenols is 1.